The molecular formula is C18H16F2N2OS2. The second kappa shape index (κ2) is 7.93. The van der Waals surface area contributed by atoms with Crippen molar-refractivity contribution in [3.8, 4) is 0 Å². The van der Waals surface area contributed by atoms with Crippen LogP contribution < -0.4 is 4.80 Å². The number of hydrogen-bond acceptors (Lipinski definition) is 3. The fourth-order valence-electron chi connectivity index (χ4n) is 2.45. The molecule has 0 atom stereocenters. The van der Waals surface area contributed by atoms with Gasteiger partial charge in [0.15, 0.2) is 10.6 Å². The summed E-state index contributed by atoms with van der Waals surface area (Å²) in [5.74, 6) is -1.37. The highest BCUT2D eigenvalue weighted by Gasteiger charge is 2.13. The van der Waals surface area contributed by atoms with Crippen LogP contribution in [0.1, 0.15) is 13.3 Å². The van der Waals surface area contributed by atoms with Crippen molar-refractivity contribution in [2.45, 2.75) is 24.8 Å². The topological polar surface area (TPSA) is 34.4 Å². The first-order valence-corrected chi connectivity index (χ1v) is 9.62. The predicted molar refractivity (Wildman–Crippen MR) is 97.8 cm³/mol. The van der Waals surface area contributed by atoms with E-state index in [0.717, 1.165) is 28.7 Å². The Hall–Kier alpha value is -1.99. The molecule has 1 amide bonds. The van der Waals surface area contributed by atoms with Crippen LogP contribution in [0.5, 0.6) is 0 Å². The molecule has 1 aromatic heterocycles. The molecule has 3 rings (SSSR count). The van der Waals surface area contributed by atoms with Gasteiger partial charge in [0, 0.05) is 17.5 Å². The van der Waals surface area contributed by atoms with Gasteiger partial charge in [-0.15, -0.1) is 11.8 Å². The molecule has 0 aliphatic heterocycles. The lowest BCUT2D eigenvalue weighted by Gasteiger charge is -2.03. The molecule has 0 radical (unpaired) electrons. The average molecular weight is 378 g/mol. The van der Waals surface area contributed by atoms with E-state index in [4.69, 9.17) is 0 Å². The van der Waals surface area contributed by atoms with Crippen LogP contribution in [-0.2, 0) is 11.3 Å². The van der Waals surface area contributed by atoms with Crippen LogP contribution in [0, 0.1) is 11.6 Å². The number of hydrogen-bond donors (Lipinski definition) is 0. The van der Waals surface area contributed by atoms with Gasteiger partial charge in [-0.25, -0.2) is 8.78 Å². The van der Waals surface area contributed by atoms with Gasteiger partial charge in [-0.3, -0.25) is 4.79 Å². The second-order valence-electron chi connectivity index (χ2n) is 5.38. The van der Waals surface area contributed by atoms with Crippen molar-refractivity contribution in [1.82, 2.24) is 4.57 Å². The molecule has 0 N–H and O–H groups in total. The van der Waals surface area contributed by atoms with Crippen LogP contribution in [0.3, 0.4) is 0 Å². The summed E-state index contributed by atoms with van der Waals surface area (Å²) < 4.78 is 29.7. The van der Waals surface area contributed by atoms with Crippen molar-refractivity contribution in [2.75, 3.05) is 5.75 Å². The third kappa shape index (κ3) is 4.16. The molecule has 0 saturated carbocycles. The second-order valence-corrected chi connectivity index (χ2v) is 7.44. The number of aromatic nitrogens is 1. The summed E-state index contributed by atoms with van der Waals surface area (Å²) in [5.41, 5.74) is 0.301. The van der Waals surface area contributed by atoms with Gasteiger partial charge in [-0.1, -0.05) is 36.5 Å². The van der Waals surface area contributed by atoms with E-state index >= 15 is 0 Å². The summed E-state index contributed by atoms with van der Waals surface area (Å²) in [7, 11) is 0. The van der Waals surface area contributed by atoms with E-state index in [1.165, 1.54) is 17.8 Å². The summed E-state index contributed by atoms with van der Waals surface area (Å²) in [6.45, 7) is 2.47. The number of halogens is 2. The molecule has 0 saturated heterocycles. The number of carbonyl (C=O) groups is 1. The predicted octanol–water partition coefficient (Wildman–Crippen LogP) is 4.61. The fourth-order valence-corrected chi connectivity index (χ4v) is 4.26. The van der Waals surface area contributed by atoms with Gasteiger partial charge in [-0.2, -0.15) is 4.99 Å². The zero-order valence-corrected chi connectivity index (χ0v) is 15.2. The van der Waals surface area contributed by atoms with E-state index in [1.807, 2.05) is 37.3 Å². The first kappa shape index (κ1) is 17.8. The van der Waals surface area contributed by atoms with Gasteiger partial charge in [-0.05, 0) is 24.6 Å². The van der Waals surface area contributed by atoms with Crippen molar-refractivity contribution in [1.29, 1.82) is 0 Å². The smallest absolute Gasteiger partial charge is 0.258 e. The van der Waals surface area contributed by atoms with Gasteiger partial charge < -0.3 is 4.57 Å². The summed E-state index contributed by atoms with van der Waals surface area (Å²) >= 11 is 2.53. The molecule has 0 fully saturated rings. The Morgan fingerprint density at radius 1 is 1.24 bits per heavy atom. The normalized spacial score (nSPS) is 12.0. The van der Waals surface area contributed by atoms with Crippen molar-refractivity contribution >= 4 is 39.2 Å². The Morgan fingerprint density at radius 3 is 2.72 bits per heavy atom. The van der Waals surface area contributed by atoms with Gasteiger partial charge in [0.2, 0.25) is 0 Å². The largest absolute Gasteiger partial charge is 0.314 e. The fraction of sp³-hybridized carbons (Fsp3) is 0.222. The van der Waals surface area contributed by atoms with Crippen LogP contribution >= 0.6 is 23.1 Å². The van der Waals surface area contributed by atoms with Crippen LogP contribution in [0.4, 0.5) is 8.78 Å². The molecule has 0 aliphatic carbocycles. The molecular weight excluding hydrogens is 362 g/mol. The molecule has 1 heterocycles. The average Bonchev–Trinajstić information content (AvgIpc) is 2.91. The third-order valence-corrected chi connectivity index (χ3v) is 5.49. The molecule has 7 heteroatoms. The number of thiazole rings is 1. The van der Waals surface area contributed by atoms with E-state index in [1.54, 1.807) is 4.57 Å². The Balaban J connectivity index is 1.93. The Bertz CT molecular complexity index is 964. The van der Waals surface area contributed by atoms with E-state index in [2.05, 4.69) is 4.99 Å². The third-order valence-electron chi connectivity index (χ3n) is 3.47. The maximum Gasteiger partial charge on any atom is 0.258 e. The first-order chi connectivity index (χ1) is 12.1. The van der Waals surface area contributed by atoms with Gasteiger partial charge in [0.1, 0.15) is 5.82 Å². The molecule has 0 aliphatic rings. The number of benzene rings is 2. The molecule has 0 spiro atoms. The minimum absolute atomic E-state index is 0.196. The number of carbonyl (C=O) groups excluding carboxylic acids is 1. The van der Waals surface area contributed by atoms with Crippen LogP contribution in [0.15, 0.2) is 52.4 Å². The molecule has 2 aromatic carbocycles. The van der Waals surface area contributed by atoms with Crippen molar-refractivity contribution < 1.29 is 13.6 Å². The summed E-state index contributed by atoms with van der Waals surface area (Å²) in [4.78, 5) is 17.7. The Morgan fingerprint density at radius 2 is 2.00 bits per heavy atom. The molecule has 0 bridgehead atoms. The molecule has 0 unspecified atom stereocenters. The number of nitrogens with zero attached hydrogens (tertiary/aromatic N) is 2. The number of fused-ring (bicyclic) bond motifs is 1. The monoisotopic (exact) mass is 378 g/mol. The van der Waals surface area contributed by atoms with Gasteiger partial charge in [0.05, 0.1) is 16.0 Å². The quantitative estimate of drug-likeness (QED) is 0.608. The Kier molecular flexibility index (Phi) is 5.65. The maximum absolute atomic E-state index is 14.2. The lowest BCUT2D eigenvalue weighted by Crippen LogP contribution is -2.18. The van der Waals surface area contributed by atoms with Crippen molar-refractivity contribution in [3.63, 3.8) is 0 Å². The van der Waals surface area contributed by atoms with Crippen molar-refractivity contribution in [3.05, 3.63) is 58.9 Å². The maximum atomic E-state index is 14.2. The van der Waals surface area contributed by atoms with E-state index in [0.29, 0.717) is 21.6 Å². The van der Waals surface area contributed by atoms with Gasteiger partial charge >= 0.3 is 0 Å². The number of rotatable bonds is 5. The van der Waals surface area contributed by atoms with E-state index < -0.39 is 11.6 Å². The van der Waals surface area contributed by atoms with Crippen LogP contribution in [-0.4, -0.2) is 16.2 Å². The number of aryl methyl sites for hydroxylation is 1. The number of thioether (sulfide) groups is 1. The lowest BCUT2D eigenvalue weighted by molar-refractivity contribution is -0.115. The molecule has 130 valence electrons. The zero-order valence-electron chi connectivity index (χ0n) is 13.5. The number of amides is 1. The highest BCUT2D eigenvalue weighted by atomic mass is 32.2. The van der Waals surface area contributed by atoms with Crippen LogP contribution in [0.2, 0.25) is 0 Å². The molecule has 25 heavy (non-hydrogen) atoms. The first-order valence-electron chi connectivity index (χ1n) is 7.82. The minimum Gasteiger partial charge on any atom is -0.314 e. The summed E-state index contributed by atoms with van der Waals surface area (Å²) in [6, 6.07) is 11.7. The molecule has 3 nitrogen and oxygen atoms in total. The highest BCUT2D eigenvalue weighted by molar-refractivity contribution is 8.00. The zero-order chi connectivity index (χ0) is 17.8. The van der Waals surface area contributed by atoms with Gasteiger partial charge in [0.25, 0.3) is 5.91 Å². The molecule has 3 aromatic rings. The Labute approximate surface area is 152 Å². The highest BCUT2D eigenvalue weighted by Crippen LogP contribution is 2.23. The summed E-state index contributed by atoms with van der Waals surface area (Å²) in [5, 5.41) is 0. The van der Waals surface area contributed by atoms with E-state index in [-0.39, 0.29) is 11.7 Å². The minimum atomic E-state index is -0.632. The summed E-state index contributed by atoms with van der Waals surface area (Å²) in [6.07, 6.45) is 0.753. The van der Waals surface area contributed by atoms with Crippen LogP contribution in [0.25, 0.3) is 10.2 Å². The van der Waals surface area contributed by atoms with Crippen molar-refractivity contribution in [2.24, 2.45) is 4.99 Å². The lowest BCUT2D eigenvalue weighted by atomic mass is 10.3. The SMILES string of the molecule is CCCn1c(=NC(=O)CSc2ccccc2)sc2cc(F)cc(F)c21. The standard InChI is InChI=1S/C18H16F2N2OS2/c1-2-8-22-17-14(20)9-12(19)10-15(17)25-18(22)21-16(23)11-24-13-6-4-3-5-7-13/h3-7,9-10H,2,8,11H2,1H3. The van der Waals surface area contributed by atoms with E-state index in [9.17, 15) is 13.6 Å².